The number of hydrogen-bond acceptors (Lipinski definition) is 7. The molecule has 0 saturated carbocycles. The minimum absolute atomic E-state index is 0.0976. The predicted octanol–water partition coefficient (Wildman–Crippen LogP) is 1.07. The van der Waals surface area contributed by atoms with Crippen LogP contribution in [0.4, 0.5) is 5.69 Å². The first-order valence-corrected chi connectivity index (χ1v) is 11.6. The number of guanidine groups is 1. The number of non-ortho nitro benzene ring substituents is 1. The fourth-order valence-electron chi connectivity index (χ4n) is 3.74. The Hall–Kier alpha value is -2.27. The van der Waals surface area contributed by atoms with Gasteiger partial charge in [-0.25, -0.2) is 4.99 Å². The number of morpholine rings is 2. The van der Waals surface area contributed by atoms with E-state index in [1.54, 1.807) is 12.1 Å². The van der Waals surface area contributed by atoms with E-state index in [2.05, 4.69) is 20.4 Å². The van der Waals surface area contributed by atoms with Crippen LogP contribution in [0.1, 0.15) is 18.4 Å². The Balaban J connectivity index is 1.44. The molecule has 0 amide bonds. The lowest BCUT2D eigenvalue weighted by atomic mass is 10.2. The molecule has 2 heterocycles. The minimum Gasteiger partial charge on any atom is -0.379 e. The highest BCUT2D eigenvalue weighted by Crippen LogP contribution is 2.12. The Labute approximate surface area is 190 Å². The maximum atomic E-state index is 10.8. The number of ether oxygens (including phenoxy) is 2. The van der Waals surface area contributed by atoms with E-state index in [4.69, 9.17) is 14.5 Å². The van der Waals surface area contributed by atoms with Crippen molar-refractivity contribution < 1.29 is 14.4 Å². The first kappa shape index (κ1) is 24.4. The quantitative estimate of drug-likeness (QED) is 0.170. The molecule has 1 aromatic rings. The zero-order valence-electron chi connectivity index (χ0n) is 18.8. The molecule has 2 N–H and O–H groups in total. The summed E-state index contributed by atoms with van der Waals surface area (Å²) in [6, 6.07) is 6.57. The Kier molecular flexibility index (Phi) is 10.7. The van der Waals surface area contributed by atoms with Gasteiger partial charge >= 0.3 is 0 Å². The van der Waals surface area contributed by atoms with Crippen LogP contribution >= 0.6 is 0 Å². The van der Waals surface area contributed by atoms with E-state index in [9.17, 15) is 10.1 Å². The third-order valence-corrected chi connectivity index (χ3v) is 5.66. The highest BCUT2D eigenvalue weighted by molar-refractivity contribution is 5.79. The van der Waals surface area contributed by atoms with Crippen LogP contribution in [-0.4, -0.2) is 99.5 Å². The van der Waals surface area contributed by atoms with Gasteiger partial charge in [0, 0.05) is 51.4 Å². The van der Waals surface area contributed by atoms with E-state index in [1.165, 1.54) is 12.1 Å². The zero-order chi connectivity index (χ0) is 22.4. The molecule has 10 heteroatoms. The fraction of sp³-hybridized carbons (Fsp3) is 0.682. The van der Waals surface area contributed by atoms with Crippen molar-refractivity contribution in [1.82, 2.24) is 20.4 Å². The Morgan fingerprint density at radius 3 is 1.88 bits per heavy atom. The van der Waals surface area contributed by atoms with Gasteiger partial charge in [0.05, 0.1) is 37.9 Å². The normalized spacial score (nSPS) is 17.6. The largest absolute Gasteiger partial charge is 0.379 e. The summed E-state index contributed by atoms with van der Waals surface area (Å²) in [7, 11) is 0. The smallest absolute Gasteiger partial charge is 0.269 e. The lowest BCUT2D eigenvalue weighted by Gasteiger charge is -2.27. The van der Waals surface area contributed by atoms with Gasteiger partial charge in [-0.05, 0) is 31.5 Å². The summed E-state index contributed by atoms with van der Waals surface area (Å²) in [5.74, 6) is 0.785. The van der Waals surface area contributed by atoms with Crippen LogP contribution < -0.4 is 10.6 Å². The van der Waals surface area contributed by atoms with E-state index < -0.39 is 0 Å². The van der Waals surface area contributed by atoms with Crippen molar-refractivity contribution >= 4 is 11.6 Å². The van der Waals surface area contributed by atoms with E-state index in [0.29, 0.717) is 6.54 Å². The average Bonchev–Trinajstić information content (AvgIpc) is 2.84. The molecule has 0 radical (unpaired) electrons. The third kappa shape index (κ3) is 9.07. The highest BCUT2D eigenvalue weighted by atomic mass is 16.6. The molecule has 2 aliphatic heterocycles. The summed E-state index contributed by atoms with van der Waals surface area (Å²) >= 11 is 0. The third-order valence-electron chi connectivity index (χ3n) is 5.66. The molecule has 0 unspecified atom stereocenters. The monoisotopic (exact) mass is 448 g/mol. The molecular weight excluding hydrogens is 412 g/mol. The molecule has 10 nitrogen and oxygen atoms in total. The van der Waals surface area contributed by atoms with Gasteiger partial charge in [0.15, 0.2) is 5.96 Å². The van der Waals surface area contributed by atoms with Crippen LogP contribution in [0, 0.1) is 10.1 Å². The Morgan fingerprint density at radius 2 is 1.41 bits per heavy atom. The van der Waals surface area contributed by atoms with Crippen molar-refractivity contribution in [3.63, 3.8) is 0 Å². The number of aliphatic imine (C=N–C) groups is 1. The molecule has 32 heavy (non-hydrogen) atoms. The van der Waals surface area contributed by atoms with Crippen molar-refractivity contribution in [2.24, 2.45) is 4.99 Å². The summed E-state index contributed by atoms with van der Waals surface area (Å²) in [5.41, 5.74) is 1.04. The molecule has 0 bridgehead atoms. The number of benzene rings is 1. The maximum Gasteiger partial charge on any atom is 0.269 e. The minimum atomic E-state index is -0.384. The second-order valence-electron chi connectivity index (χ2n) is 8.06. The number of nitrogens with zero attached hydrogens (tertiary/aromatic N) is 4. The lowest BCUT2D eigenvalue weighted by molar-refractivity contribution is -0.384. The van der Waals surface area contributed by atoms with Gasteiger partial charge in [-0.2, -0.15) is 0 Å². The van der Waals surface area contributed by atoms with Gasteiger partial charge in [0.1, 0.15) is 0 Å². The van der Waals surface area contributed by atoms with Crippen molar-refractivity contribution in [2.45, 2.75) is 19.4 Å². The van der Waals surface area contributed by atoms with Crippen LogP contribution in [-0.2, 0) is 16.0 Å². The second-order valence-corrected chi connectivity index (χ2v) is 8.06. The van der Waals surface area contributed by atoms with E-state index in [-0.39, 0.29) is 10.6 Å². The van der Waals surface area contributed by atoms with Crippen LogP contribution in [0.25, 0.3) is 0 Å². The summed E-state index contributed by atoms with van der Waals surface area (Å²) in [6.07, 6.45) is 2.07. The molecular formula is C22H36N6O4. The summed E-state index contributed by atoms with van der Waals surface area (Å²) in [5, 5.41) is 17.7. The van der Waals surface area contributed by atoms with Gasteiger partial charge in [-0.15, -0.1) is 0 Å². The molecule has 0 aromatic heterocycles. The molecule has 2 fully saturated rings. The van der Waals surface area contributed by atoms with Crippen LogP contribution in [0.3, 0.4) is 0 Å². The van der Waals surface area contributed by atoms with E-state index >= 15 is 0 Å². The average molecular weight is 449 g/mol. The first-order valence-electron chi connectivity index (χ1n) is 11.6. The van der Waals surface area contributed by atoms with Crippen molar-refractivity contribution in [3.05, 3.63) is 39.9 Å². The van der Waals surface area contributed by atoms with Crippen LogP contribution in [0.2, 0.25) is 0 Å². The van der Waals surface area contributed by atoms with Crippen LogP contribution in [0.15, 0.2) is 29.3 Å². The molecule has 0 aliphatic carbocycles. The summed E-state index contributed by atoms with van der Waals surface area (Å²) in [6.45, 7) is 11.5. The van der Waals surface area contributed by atoms with Gasteiger partial charge in [-0.1, -0.05) is 12.1 Å². The molecule has 2 saturated heterocycles. The van der Waals surface area contributed by atoms with Crippen molar-refractivity contribution in [1.29, 1.82) is 0 Å². The topological polar surface area (TPSA) is 104 Å². The molecule has 3 rings (SSSR count). The second kappa shape index (κ2) is 14.0. The van der Waals surface area contributed by atoms with Crippen LogP contribution in [0.5, 0.6) is 0 Å². The number of rotatable bonds is 11. The lowest BCUT2D eigenvalue weighted by Crippen LogP contribution is -2.42. The molecule has 1 aromatic carbocycles. The SMILES string of the molecule is O=[N+]([O-])c1ccc(CN=C(NCCCN2CCOCC2)NCCCN2CCOCC2)cc1. The standard InChI is InChI=1S/C22H36N6O4/c29-28(30)21-5-3-20(4-6-21)19-25-22(23-7-1-9-26-11-15-31-16-12-26)24-8-2-10-27-13-17-32-18-14-27/h3-6H,1-2,7-19H2,(H2,23,24,25). The molecule has 0 spiro atoms. The number of hydrogen-bond donors (Lipinski definition) is 2. The number of nitro benzene ring substituents is 1. The van der Waals surface area contributed by atoms with Crippen molar-refractivity contribution in [2.75, 3.05) is 78.8 Å². The molecule has 0 atom stereocenters. The summed E-state index contributed by atoms with van der Waals surface area (Å²) < 4.78 is 10.8. The molecule has 2 aliphatic rings. The van der Waals surface area contributed by atoms with Crippen molar-refractivity contribution in [3.8, 4) is 0 Å². The Morgan fingerprint density at radius 1 is 0.906 bits per heavy atom. The van der Waals surface area contributed by atoms with E-state index in [1.807, 2.05) is 0 Å². The van der Waals surface area contributed by atoms with Gasteiger partial charge in [0.2, 0.25) is 0 Å². The number of nitrogens with one attached hydrogen (secondary N) is 2. The highest BCUT2D eigenvalue weighted by Gasteiger charge is 2.11. The summed E-state index contributed by atoms with van der Waals surface area (Å²) in [4.78, 5) is 20.0. The molecule has 178 valence electrons. The van der Waals surface area contributed by atoms with Gasteiger partial charge < -0.3 is 20.1 Å². The number of nitro groups is 1. The zero-order valence-corrected chi connectivity index (χ0v) is 18.8. The van der Waals surface area contributed by atoms with Gasteiger partial charge in [0.25, 0.3) is 5.69 Å². The first-order chi connectivity index (χ1) is 15.7. The maximum absolute atomic E-state index is 10.8. The van der Waals surface area contributed by atoms with Gasteiger partial charge in [-0.3, -0.25) is 19.9 Å². The predicted molar refractivity (Wildman–Crippen MR) is 124 cm³/mol. The fourth-order valence-corrected chi connectivity index (χ4v) is 3.74. The van der Waals surface area contributed by atoms with E-state index in [0.717, 1.165) is 103 Å². The Bertz CT molecular complexity index is 675.